The molecule has 2 saturated heterocycles. The number of nitrogens with zero attached hydrogens (tertiary/aromatic N) is 1. The first kappa shape index (κ1) is 55.3. The van der Waals surface area contributed by atoms with Gasteiger partial charge in [-0.05, 0) is 107 Å². The second kappa shape index (κ2) is 25.9. The number of carbonyl (C=O) groups excluding carboxylic acids is 5. The minimum Gasteiger partial charge on any atom is -0.460 e. The van der Waals surface area contributed by atoms with Crippen molar-refractivity contribution < 1.29 is 58.6 Å². The highest BCUT2D eigenvalue weighted by Crippen LogP contribution is 2.39. The molecule has 13 nitrogen and oxygen atoms in total. The van der Waals surface area contributed by atoms with Crippen LogP contribution in [-0.2, 0) is 38.2 Å². The Labute approximate surface area is 394 Å². The molecule has 0 aromatic carbocycles. The van der Waals surface area contributed by atoms with Crippen LogP contribution in [0.2, 0.25) is 0 Å². The summed E-state index contributed by atoms with van der Waals surface area (Å²) in [6.45, 7) is 14.8. The zero-order chi connectivity index (χ0) is 48.9. The number of rotatable bonds is 6. The molecule has 2 bridgehead atoms. The van der Waals surface area contributed by atoms with E-state index < -0.39 is 71.7 Å². The Balaban J connectivity index is 1.72. The Morgan fingerprint density at radius 2 is 1.59 bits per heavy atom. The van der Waals surface area contributed by atoms with Crippen molar-refractivity contribution in [2.75, 3.05) is 26.9 Å². The summed E-state index contributed by atoms with van der Waals surface area (Å²) < 4.78 is 18.1. The number of methoxy groups -OCH3 is 1. The summed E-state index contributed by atoms with van der Waals surface area (Å²) in [5.74, 6) is -7.64. The van der Waals surface area contributed by atoms with E-state index >= 15 is 0 Å². The molecular formula is C53H83NO12. The predicted molar refractivity (Wildman–Crippen MR) is 252 cm³/mol. The Morgan fingerprint density at radius 1 is 0.864 bits per heavy atom. The zero-order valence-electron chi connectivity index (χ0n) is 41.4. The number of aliphatic hydroxyl groups is 4. The molecule has 1 aliphatic carbocycles. The van der Waals surface area contributed by atoms with Crippen LogP contribution in [0, 0.1) is 53.3 Å². The molecule has 4 N–H and O–H groups in total. The molecule has 4 aliphatic rings. The Bertz CT molecular complexity index is 1770. The lowest BCUT2D eigenvalue weighted by Crippen LogP contribution is -2.59. The SMILES string of the molecule is CO[C@H]1C(=O)[C@@H](C)C[C@H](C)/C=C/C=C/C=C(\C)[C@@H](CO)C[C@@H]2CCC[C@@H](C)[C@](O)(O2)C(=O)C(=O)N2CCCC[C@H]2C(=O)O[C@H]([C@H](C)CC2CC[C@H](C)[C@H](CO)C2)CC(=O)[C@H](C)/C=C(\C)[C@H]1O. The van der Waals surface area contributed by atoms with E-state index in [1.54, 1.807) is 26.8 Å². The van der Waals surface area contributed by atoms with Gasteiger partial charge in [0, 0.05) is 57.0 Å². The number of aliphatic hydroxyl groups excluding tert-OH is 3. The molecule has 0 aromatic heterocycles. The standard InChI is InChI=1S/C53H83NO12/c1-32-16-11-10-12-17-33(2)42(31-56)28-43-19-15-18-39(8)53(63,66-43)50(60)51(61)54-23-14-13-20-44(54)52(62)65-46(36(5)26-40-22-21-34(3)41(27-40)30-55)29-45(57)35(4)25-38(7)48(59)49(64-9)47(58)37(6)24-32/h10-12,16-17,25,32,34-37,39-44,46,48-49,55-56,59,63H,13-15,18-24,26-31H2,1-9H3/b12-10+,16-11+,33-17+,38-25+/t32-,34+,35-,36-,37+,39-,40?,41+,42-,43+,44+,46+,48-,49+,53+/m1/s1. The van der Waals surface area contributed by atoms with E-state index in [1.165, 1.54) is 12.0 Å². The summed E-state index contributed by atoms with van der Waals surface area (Å²) >= 11 is 0. The minimum atomic E-state index is -2.46. The van der Waals surface area contributed by atoms with Gasteiger partial charge in [0.25, 0.3) is 11.7 Å². The van der Waals surface area contributed by atoms with Gasteiger partial charge in [-0.15, -0.1) is 0 Å². The highest BCUT2D eigenvalue weighted by atomic mass is 16.6. The molecule has 3 aliphatic heterocycles. The number of allylic oxidation sites excluding steroid dienone is 6. The number of esters is 1. The number of hydrogen-bond acceptors (Lipinski definition) is 12. The fraction of sp³-hybridized carbons (Fsp3) is 0.755. The number of carbonyl (C=O) groups is 5. The molecule has 3 heterocycles. The maximum absolute atomic E-state index is 14.4. The van der Waals surface area contributed by atoms with Crippen molar-refractivity contribution in [3.63, 3.8) is 0 Å². The average Bonchev–Trinajstić information content (AvgIpc) is 3.44. The van der Waals surface area contributed by atoms with E-state index in [2.05, 4.69) is 6.92 Å². The lowest BCUT2D eigenvalue weighted by Gasteiger charge is -2.39. The van der Waals surface area contributed by atoms with E-state index in [1.807, 2.05) is 58.1 Å². The minimum absolute atomic E-state index is 0.00919. The van der Waals surface area contributed by atoms with Gasteiger partial charge in [0.1, 0.15) is 30.1 Å². The molecule has 0 aromatic rings. The molecule has 0 spiro atoms. The van der Waals surface area contributed by atoms with Crippen molar-refractivity contribution >= 4 is 29.2 Å². The van der Waals surface area contributed by atoms with Gasteiger partial charge in [0.2, 0.25) is 5.79 Å². The smallest absolute Gasteiger partial charge is 0.329 e. The van der Waals surface area contributed by atoms with Crippen molar-refractivity contribution in [3.05, 3.63) is 47.6 Å². The fourth-order valence-corrected chi connectivity index (χ4v) is 10.7. The van der Waals surface area contributed by atoms with E-state index in [0.29, 0.717) is 62.9 Å². The highest BCUT2D eigenvalue weighted by molar-refractivity contribution is 6.39. The van der Waals surface area contributed by atoms with E-state index in [-0.39, 0.29) is 73.8 Å². The number of ketones is 3. The van der Waals surface area contributed by atoms with E-state index in [9.17, 15) is 44.4 Å². The summed E-state index contributed by atoms with van der Waals surface area (Å²) in [6, 6.07) is -1.14. The largest absolute Gasteiger partial charge is 0.460 e. The van der Waals surface area contributed by atoms with Crippen LogP contribution in [0.5, 0.6) is 0 Å². The van der Waals surface area contributed by atoms with Gasteiger partial charge in [-0.3, -0.25) is 19.2 Å². The Hall–Kier alpha value is -3.33. The van der Waals surface area contributed by atoms with Crippen LogP contribution < -0.4 is 0 Å². The number of piperidine rings is 1. The second-order valence-corrected chi connectivity index (χ2v) is 20.7. The van der Waals surface area contributed by atoms with Crippen molar-refractivity contribution in [1.29, 1.82) is 0 Å². The lowest BCUT2D eigenvalue weighted by atomic mass is 9.72. The lowest BCUT2D eigenvalue weighted by molar-refractivity contribution is -0.241. The highest BCUT2D eigenvalue weighted by Gasteiger charge is 2.52. The Morgan fingerprint density at radius 3 is 2.27 bits per heavy atom. The maximum Gasteiger partial charge on any atom is 0.329 e. The molecule has 15 atom stereocenters. The van der Waals surface area contributed by atoms with Crippen LogP contribution in [0.3, 0.4) is 0 Å². The van der Waals surface area contributed by atoms with E-state index in [0.717, 1.165) is 24.8 Å². The molecule has 372 valence electrons. The van der Waals surface area contributed by atoms with Crippen LogP contribution in [0.25, 0.3) is 0 Å². The molecule has 66 heavy (non-hydrogen) atoms. The normalized spacial score (nSPS) is 40.2. The molecular weight excluding hydrogens is 843 g/mol. The molecule has 1 unspecified atom stereocenters. The molecule has 4 rings (SSSR count). The van der Waals surface area contributed by atoms with Crippen LogP contribution in [0.1, 0.15) is 139 Å². The van der Waals surface area contributed by atoms with E-state index in [4.69, 9.17) is 14.2 Å². The third-order valence-corrected chi connectivity index (χ3v) is 15.4. The van der Waals surface area contributed by atoms with Crippen LogP contribution >= 0.6 is 0 Å². The molecule has 1 saturated carbocycles. The van der Waals surface area contributed by atoms with Crippen LogP contribution in [0.15, 0.2) is 47.6 Å². The van der Waals surface area contributed by atoms with Gasteiger partial charge < -0.3 is 39.5 Å². The quantitative estimate of drug-likeness (QED) is 0.121. The number of Topliss-reactive ketones (excluding diaryl/α,β-unsaturated/α-hetero) is 3. The third-order valence-electron chi connectivity index (χ3n) is 15.4. The number of ether oxygens (including phenoxy) is 3. The molecule has 1 amide bonds. The first-order valence-electron chi connectivity index (χ1n) is 24.9. The summed E-state index contributed by atoms with van der Waals surface area (Å²) in [4.78, 5) is 72.2. The van der Waals surface area contributed by atoms with Gasteiger partial charge in [0.15, 0.2) is 5.78 Å². The first-order valence-corrected chi connectivity index (χ1v) is 24.9. The first-order chi connectivity index (χ1) is 31.2. The van der Waals surface area contributed by atoms with Gasteiger partial charge in [-0.2, -0.15) is 0 Å². The van der Waals surface area contributed by atoms with Crippen LogP contribution in [0.4, 0.5) is 0 Å². The van der Waals surface area contributed by atoms with Crippen molar-refractivity contribution in [1.82, 2.24) is 4.90 Å². The van der Waals surface area contributed by atoms with Gasteiger partial charge in [0.05, 0.1) is 6.10 Å². The zero-order valence-corrected chi connectivity index (χ0v) is 41.4. The van der Waals surface area contributed by atoms with Crippen molar-refractivity contribution in [2.24, 2.45) is 53.3 Å². The monoisotopic (exact) mass is 926 g/mol. The van der Waals surface area contributed by atoms with Gasteiger partial charge in [-0.25, -0.2) is 4.79 Å². The Kier molecular flexibility index (Phi) is 21.7. The summed E-state index contributed by atoms with van der Waals surface area (Å²) in [6.07, 6.45) is 14.0. The number of amides is 1. The summed E-state index contributed by atoms with van der Waals surface area (Å²) in [5, 5.41) is 44.1. The second-order valence-electron chi connectivity index (χ2n) is 20.7. The molecule has 3 fully saturated rings. The number of cyclic esters (lactones) is 1. The average molecular weight is 926 g/mol. The fourth-order valence-electron chi connectivity index (χ4n) is 10.7. The summed E-state index contributed by atoms with van der Waals surface area (Å²) in [5.41, 5.74) is 1.26. The van der Waals surface area contributed by atoms with Gasteiger partial charge >= 0.3 is 5.97 Å². The maximum atomic E-state index is 14.4. The topological polar surface area (TPSA) is 197 Å². The van der Waals surface area contributed by atoms with Crippen LogP contribution in [-0.4, -0.2) is 118 Å². The van der Waals surface area contributed by atoms with Gasteiger partial charge in [-0.1, -0.05) is 103 Å². The predicted octanol–water partition coefficient (Wildman–Crippen LogP) is 7.03. The van der Waals surface area contributed by atoms with Crippen molar-refractivity contribution in [2.45, 2.75) is 175 Å². The summed E-state index contributed by atoms with van der Waals surface area (Å²) in [7, 11) is 1.38. The molecule has 0 radical (unpaired) electrons. The molecule has 13 heteroatoms. The van der Waals surface area contributed by atoms with Crippen molar-refractivity contribution in [3.8, 4) is 0 Å². The number of hydrogen-bond donors (Lipinski definition) is 4. The third kappa shape index (κ3) is 14.6. The number of fused-ring (bicyclic) bond motifs is 3.